The Labute approximate surface area is 181 Å². The molecule has 0 aliphatic rings. The summed E-state index contributed by atoms with van der Waals surface area (Å²) in [5, 5.41) is 13.8. The van der Waals surface area contributed by atoms with Crippen LogP contribution in [0, 0.1) is 11.3 Å². The summed E-state index contributed by atoms with van der Waals surface area (Å²) >= 11 is 0. The highest BCUT2D eigenvalue weighted by Gasteiger charge is 2.17. The second kappa shape index (κ2) is 8.96. The van der Waals surface area contributed by atoms with Crippen LogP contribution in [-0.4, -0.2) is 18.2 Å². The largest absolute Gasteiger partial charge is 0.267 e. The summed E-state index contributed by atoms with van der Waals surface area (Å²) in [7, 11) is -3.78. The van der Waals surface area contributed by atoms with Gasteiger partial charge in [0.1, 0.15) is 0 Å². The lowest BCUT2D eigenvalue weighted by molar-refractivity contribution is 0.581. The fourth-order valence-electron chi connectivity index (χ4n) is 3.27. The van der Waals surface area contributed by atoms with Crippen LogP contribution in [0.2, 0.25) is 0 Å². The predicted molar refractivity (Wildman–Crippen MR) is 118 cm³/mol. The van der Waals surface area contributed by atoms with Gasteiger partial charge in [0.05, 0.1) is 28.8 Å². The van der Waals surface area contributed by atoms with Crippen LogP contribution < -0.4 is 4.72 Å². The second-order valence-corrected chi connectivity index (χ2v) is 8.78. The second-order valence-electron chi connectivity index (χ2n) is 7.02. The molecule has 4 rings (SSSR count). The number of hydrogen-bond acceptors (Lipinski definition) is 4. The molecule has 1 aromatic heterocycles. The number of sulfonamides is 1. The van der Waals surface area contributed by atoms with Crippen LogP contribution in [0.3, 0.4) is 0 Å². The summed E-state index contributed by atoms with van der Waals surface area (Å²) < 4.78 is 30.0. The topological polar surface area (TPSA) is 87.8 Å². The smallest absolute Gasteiger partial charge is 0.240 e. The number of nitriles is 1. The molecule has 0 aliphatic carbocycles. The quantitative estimate of drug-likeness (QED) is 0.483. The van der Waals surface area contributed by atoms with Crippen molar-refractivity contribution in [3.63, 3.8) is 0 Å². The van der Waals surface area contributed by atoms with E-state index < -0.39 is 10.0 Å². The van der Waals surface area contributed by atoms with E-state index in [1.165, 1.54) is 12.1 Å². The predicted octanol–water partition coefficient (Wildman–Crippen LogP) is 3.95. The minimum absolute atomic E-state index is 0.0597. The van der Waals surface area contributed by atoms with Crippen molar-refractivity contribution < 1.29 is 8.42 Å². The van der Waals surface area contributed by atoms with E-state index in [-0.39, 0.29) is 11.4 Å². The first kappa shape index (κ1) is 20.5. The summed E-state index contributed by atoms with van der Waals surface area (Å²) in [6, 6.07) is 27.5. The van der Waals surface area contributed by atoms with Crippen molar-refractivity contribution >= 4 is 10.0 Å². The molecule has 0 bridgehead atoms. The summed E-state index contributed by atoms with van der Waals surface area (Å²) in [4.78, 5) is 0.0597. The first-order valence-corrected chi connectivity index (χ1v) is 11.2. The molecule has 4 aromatic rings. The first-order chi connectivity index (χ1) is 15.0. The third-order valence-electron chi connectivity index (χ3n) is 4.80. The lowest BCUT2D eigenvalue weighted by atomic mass is 10.1. The highest BCUT2D eigenvalue weighted by molar-refractivity contribution is 7.89. The highest BCUT2D eigenvalue weighted by Crippen LogP contribution is 2.23. The van der Waals surface area contributed by atoms with Crippen molar-refractivity contribution in [1.82, 2.24) is 14.5 Å². The van der Waals surface area contributed by atoms with Gasteiger partial charge in [0.2, 0.25) is 10.0 Å². The molecule has 1 heterocycles. The maximum absolute atomic E-state index is 12.8. The molecule has 0 aliphatic heterocycles. The summed E-state index contributed by atoms with van der Waals surface area (Å²) in [6.45, 7) is 0.662. The Hall–Kier alpha value is -3.73. The molecule has 0 saturated carbocycles. The lowest BCUT2D eigenvalue weighted by Gasteiger charge is -2.07. The average Bonchev–Trinajstić information content (AvgIpc) is 3.21. The molecular formula is C24H20N4O2S. The molecule has 3 aromatic carbocycles. The van der Waals surface area contributed by atoms with Crippen molar-refractivity contribution in [2.75, 3.05) is 0 Å². The number of nitrogens with one attached hydrogen (secondary N) is 1. The third kappa shape index (κ3) is 4.89. The molecular weight excluding hydrogens is 408 g/mol. The zero-order valence-corrected chi connectivity index (χ0v) is 17.5. The number of rotatable bonds is 7. The van der Waals surface area contributed by atoms with Crippen LogP contribution in [0.4, 0.5) is 0 Å². The Bertz CT molecular complexity index is 1330. The maximum Gasteiger partial charge on any atom is 0.240 e. The van der Waals surface area contributed by atoms with E-state index in [0.29, 0.717) is 12.1 Å². The molecule has 0 fully saturated rings. The SMILES string of the molecule is N#Cc1cccc(S(=O)(=O)NCc2cn(Cc3ccccc3)nc2-c2ccccc2)c1. The molecule has 0 amide bonds. The number of nitrogens with zero attached hydrogens (tertiary/aromatic N) is 3. The molecule has 31 heavy (non-hydrogen) atoms. The van der Waals surface area contributed by atoms with Crippen LogP contribution in [-0.2, 0) is 23.1 Å². The van der Waals surface area contributed by atoms with Crippen LogP contribution >= 0.6 is 0 Å². The zero-order chi connectivity index (χ0) is 21.7. The van der Waals surface area contributed by atoms with Crippen LogP contribution in [0.1, 0.15) is 16.7 Å². The Morgan fingerprint density at radius 3 is 2.35 bits per heavy atom. The maximum atomic E-state index is 12.8. The number of hydrogen-bond donors (Lipinski definition) is 1. The fraction of sp³-hybridized carbons (Fsp3) is 0.0833. The van der Waals surface area contributed by atoms with Gasteiger partial charge in [0.15, 0.2) is 0 Å². The van der Waals surface area contributed by atoms with Gasteiger partial charge in [-0.2, -0.15) is 10.4 Å². The van der Waals surface area contributed by atoms with E-state index in [4.69, 9.17) is 10.4 Å². The van der Waals surface area contributed by atoms with Crippen LogP contribution in [0.5, 0.6) is 0 Å². The molecule has 0 unspecified atom stereocenters. The van der Waals surface area contributed by atoms with Crippen molar-refractivity contribution in [2.45, 2.75) is 18.0 Å². The number of aromatic nitrogens is 2. The van der Waals surface area contributed by atoms with E-state index in [1.807, 2.05) is 77.6 Å². The van der Waals surface area contributed by atoms with Crippen molar-refractivity contribution in [1.29, 1.82) is 5.26 Å². The molecule has 0 atom stereocenters. The van der Waals surface area contributed by atoms with Gasteiger partial charge >= 0.3 is 0 Å². The van der Waals surface area contributed by atoms with E-state index in [2.05, 4.69) is 4.72 Å². The standard InChI is InChI=1S/C24H20N4O2S/c25-15-20-10-7-13-23(14-20)31(29,30)26-16-22-18-28(17-19-8-3-1-4-9-19)27-24(22)21-11-5-2-6-12-21/h1-14,18,26H,16-17H2. The van der Waals surface area contributed by atoms with Gasteiger partial charge in [-0.15, -0.1) is 0 Å². The molecule has 0 saturated heterocycles. The average molecular weight is 429 g/mol. The molecule has 7 heteroatoms. The molecule has 6 nitrogen and oxygen atoms in total. The Kier molecular flexibility index (Phi) is 5.94. The highest BCUT2D eigenvalue weighted by atomic mass is 32.2. The molecule has 154 valence electrons. The molecule has 0 spiro atoms. The van der Waals surface area contributed by atoms with E-state index in [9.17, 15) is 8.42 Å². The van der Waals surface area contributed by atoms with E-state index >= 15 is 0 Å². The lowest BCUT2D eigenvalue weighted by Crippen LogP contribution is -2.23. The van der Waals surface area contributed by atoms with Crippen molar-refractivity contribution in [3.8, 4) is 17.3 Å². The minimum atomic E-state index is -3.78. The van der Waals surface area contributed by atoms with E-state index in [0.717, 1.165) is 22.4 Å². The number of benzene rings is 3. The first-order valence-electron chi connectivity index (χ1n) is 9.71. The van der Waals surface area contributed by atoms with Crippen LogP contribution in [0.25, 0.3) is 11.3 Å². The van der Waals surface area contributed by atoms with Gasteiger partial charge < -0.3 is 0 Å². The molecule has 0 radical (unpaired) electrons. The Morgan fingerprint density at radius 1 is 0.935 bits per heavy atom. The van der Waals surface area contributed by atoms with Gasteiger partial charge in [-0.25, -0.2) is 13.1 Å². The van der Waals surface area contributed by atoms with Gasteiger partial charge in [0, 0.05) is 23.9 Å². The summed E-state index contributed by atoms with van der Waals surface area (Å²) in [5.41, 5.74) is 3.80. The Balaban J connectivity index is 1.62. The normalized spacial score (nSPS) is 11.2. The van der Waals surface area contributed by atoms with Crippen molar-refractivity contribution in [2.24, 2.45) is 0 Å². The van der Waals surface area contributed by atoms with Gasteiger partial charge in [-0.1, -0.05) is 66.7 Å². The van der Waals surface area contributed by atoms with E-state index in [1.54, 1.807) is 12.1 Å². The summed E-state index contributed by atoms with van der Waals surface area (Å²) in [5.74, 6) is 0. The van der Waals surface area contributed by atoms with Crippen LogP contribution in [0.15, 0.2) is 96.0 Å². The van der Waals surface area contributed by atoms with Gasteiger partial charge in [-0.3, -0.25) is 4.68 Å². The third-order valence-corrected chi connectivity index (χ3v) is 6.20. The zero-order valence-electron chi connectivity index (χ0n) is 16.6. The Morgan fingerprint density at radius 2 is 1.65 bits per heavy atom. The monoisotopic (exact) mass is 428 g/mol. The fourth-order valence-corrected chi connectivity index (χ4v) is 4.32. The van der Waals surface area contributed by atoms with Gasteiger partial charge in [0.25, 0.3) is 0 Å². The van der Waals surface area contributed by atoms with Crippen molar-refractivity contribution in [3.05, 3.63) is 108 Å². The van der Waals surface area contributed by atoms with Gasteiger partial charge in [-0.05, 0) is 23.8 Å². The minimum Gasteiger partial charge on any atom is -0.267 e. The molecule has 1 N–H and O–H groups in total. The summed E-state index contributed by atoms with van der Waals surface area (Å²) in [6.07, 6.45) is 1.86.